The van der Waals surface area contributed by atoms with Crippen LogP contribution in [0.1, 0.15) is 44.6 Å². The van der Waals surface area contributed by atoms with Crippen LogP contribution in [0.4, 0.5) is 0 Å². The van der Waals surface area contributed by atoms with E-state index in [-0.39, 0.29) is 0 Å². The fourth-order valence-corrected chi connectivity index (χ4v) is 4.51. The molecule has 0 aromatic carbocycles. The van der Waals surface area contributed by atoms with E-state index in [1.807, 2.05) is 12.5 Å². The maximum atomic E-state index is 4.21. The third kappa shape index (κ3) is 2.11. The third-order valence-electron chi connectivity index (χ3n) is 5.42. The molecular weight excluding hydrogens is 236 g/mol. The fourth-order valence-electron chi connectivity index (χ4n) is 4.51. The Morgan fingerprint density at radius 1 is 0.947 bits per heavy atom. The van der Waals surface area contributed by atoms with Crippen molar-refractivity contribution in [2.45, 2.75) is 62.7 Å². The van der Waals surface area contributed by atoms with Crippen LogP contribution in [-0.4, -0.2) is 45.7 Å². The summed E-state index contributed by atoms with van der Waals surface area (Å²) in [6.07, 6.45) is 14.1. The summed E-state index contributed by atoms with van der Waals surface area (Å²) in [5.74, 6) is 0. The fraction of sp³-hybridized carbons (Fsp3) is 0.800. The zero-order chi connectivity index (χ0) is 12.7. The Labute approximate surface area is 115 Å². The molecule has 104 valence electrons. The lowest BCUT2D eigenvalue weighted by Gasteiger charge is -2.29. The van der Waals surface area contributed by atoms with Crippen molar-refractivity contribution < 1.29 is 0 Å². The van der Waals surface area contributed by atoms with Gasteiger partial charge in [-0.2, -0.15) is 0 Å². The minimum Gasteiger partial charge on any atom is -0.333 e. The van der Waals surface area contributed by atoms with Crippen molar-refractivity contribution in [3.63, 3.8) is 0 Å². The van der Waals surface area contributed by atoms with Crippen molar-refractivity contribution in [3.8, 4) is 0 Å². The number of imidazole rings is 1. The molecule has 1 aliphatic carbocycles. The molecule has 3 aliphatic rings. The highest BCUT2D eigenvalue weighted by Gasteiger charge is 2.39. The zero-order valence-corrected chi connectivity index (χ0v) is 11.5. The molecule has 4 nitrogen and oxygen atoms in total. The minimum atomic E-state index is 0.623. The lowest BCUT2D eigenvalue weighted by atomic mass is 10.0. The largest absolute Gasteiger partial charge is 0.333 e. The molecule has 4 rings (SSSR count). The standard InChI is InChI=1S/C15H24N4/c1-3-12(15(4-1)19-10-7-16-11-19)17-13-6-9-18-8-2-5-14(13)18/h7,10-15,17H,1-6,8-9H2. The molecule has 0 spiro atoms. The number of aromatic nitrogens is 2. The van der Waals surface area contributed by atoms with E-state index in [1.165, 1.54) is 51.6 Å². The second kappa shape index (κ2) is 4.91. The van der Waals surface area contributed by atoms with E-state index < -0.39 is 0 Å². The van der Waals surface area contributed by atoms with Crippen molar-refractivity contribution in [2.24, 2.45) is 0 Å². The van der Waals surface area contributed by atoms with Gasteiger partial charge >= 0.3 is 0 Å². The number of rotatable bonds is 3. The van der Waals surface area contributed by atoms with Crippen LogP contribution in [0.5, 0.6) is 0 Å². The average molecular weight is 260 g/mol. The molecule has 4 atom stereocenters. The first-order valence-electron chi connectivity index (χ1n) is 7.89. The van der Waals surface area contributed by atoms with E-state index in [0.29, 0.717) is 12.1 Å². The zero-order valence-electron chi connectivity index (χ0n) is 11.5. The molecule has 1 aromatic heterocycles. The van der Waals surface area contributed by atoms with Gasteiger partial charge in [-0.1, -0.05) is 0 Å². The van der Waals surface area contributed by atoms with Gasteiger partial charge in [-0.05, 0) is 45.1 Å². The molecule has 0 bridgehead atoms. The van der Waals surface area contributed by atoms with Gasteiger partial charge in [0, 0.05) is 43.1 Å². The molecule has 4 heteroatoms. The summed E-state index contributed by atoms with van der Waals surface area (Å²) in [6.45, 7) is 2.64. The topological polar surface area (TPSA) is 33.1 Å². The van der Waals surface area contributed by atoms with Crippen LogP contribution in [0.15, 0.2) is 18.7 Å². The molecule has 0 radical (unpaired) electrons. The van der Waals surface area contributed by atoms with Gasteiger partial charge in [-0.25, -0.2) is 4.98 Å². The van der Waals surface area contributed by atoms with Crippen LogP contribution >= 0.6 is 0 Å². The molecule has 3 heterocycles. The second-order valence-corrected chi connectivity index (χ2v) is 6.42. The van der Waals surface area contributed by atoms with Gasteiger partial charge in [0.05, 0.1) is 6.33 Å². The molecule has 19 heavy (non-hydrogen) atoms. The quantitative estimate of drug-likeness (QED) is 0.899. The molecule has 2 aliphatic heterocycles. The number of hydrogen-bond acceptors (Lipinski definition) is 3. The summed E-state index contributed by atoms with van der Waals surface area (Å²) >= 11 is 0. The Kier molecular flexibility index (Phi) is 3.08. The highest BCUT2D eigenvalue weighted by molar-refractivity contribution is 5.00. The van der Waals surface area contributed by atoms with Crippen LogP contribution in [0.25, 0.3) is 0 Å². The van der Waals surface area contributed by atoms with Crippen molar-refractivity contribution in [1.29, 1.82) is 0 Å². The first kappa shape index (κ1) is 11.9. The number of fused-ring (bicyclic) bond motifs is 1. The minimum absolute atomic E-state index is 0.623. The van der Waals surface area contributed by atoms with Crippen LogP contribution in [-0.2, 0) is 0 Å². The van der Waals surface area contributed by atoms with Gasteiger partial charge in [0.15, 0.2) is 0 Å². The Balaban J connectivity index is 1.44. The molecule has 0 amide bonds. The Morgan fingerprint density at radius 2 is 1.84 bits per heavy atom. The second-order valence-electron chi connectivity index (χ2n) is 6.42. The smallest absolute Gasteiger partial charge is 0.0949 e. The predicted octanol–water partition coefficient (Wildman–Crippen LogP) is 1.80. The third-order valence-corrected chi connectivity index (χ3v) is 5.42. The molecule has 3 fully saturated rings. The van der Waals surface area contributed by atoms with Gasteiger partial charge in [0.25, 0.3) is 0 Å². The van der Waals surface area contributed by atoms with E-state index in [0.717, 1.165) is 12.1 Å². The van der Waals surface area contributed by atoms with Crippen LogP contribution in [0.2, 0.25) is 0 Å². The van der Waals surface area contributed by atoms with E-state index in [1.54, 1.807) is 0 Å². The van der Waals surface area contributed by atoms with Gasteiger partial charge in [-0.3, -0.25) is 4.90 Å². The summed E-state index contributed by atoms with van der Waals surface area (Å²) in [5, 5.41) is 4.00. The lowest BCUT2D eigenvalue weighted by Crippen LogP contribution is -2.46. The number of nitrogens with one attached hydrogen (secondary N) is 1. The lowest BCUT2D eigenvalue weighted by molar-refractivity contribution is 0.274. The van der Waals surface area contributed by atoms with Gasteiger partial charge in [0.2, 0.25) is 0 Å². The first-order chi connectivity index (χ1) is 9.42. The summed E-state index contributed by atoms with van der Waals surface area (Å²) in [4.78, 5) is 6.91. The molecule has 1 saturated carbocycles. The van der Waals surface area contributed by atoms with Crippen molar-refractivity contribution in [2.75, 3.05) is 13.1 Å². The van der Waals surface area contributed by atoms with E-state index in [2.05, 4.69) is 26.0 Å². The van der Waals surface area contributed by atoms with Crippen molar-refractivity contribution in [3.05, 3.63) is 18.7 Å². The normalized spacial score (nSPS) is 38.9. The van der Waals surface area contributed by atoms with Crippen LogP contribution < -0.4 is 5.32 Å². The monoisotopic (exact) mass is 260 g/mol. The molecule has 4 unspecified atom stereocenters. The Bertz CT molecular complexity index is 416. The van der Waals surface area contributed by atoms with Gasteiger partial charge < -0.3 is 9.88 Å². The summed E-state index contributed by atoms with van der Waals surface area (Å²) in [7, 11) is 0. The summed E-state index contributed by atoms with van der Waals surface area (Å²) in [6, 6.07) is 2.83. The summed E-state index contributed by atoms with van der Waals surface area (Å²) in [5.41, 5.74) is 0. The molecular formula is C15H24N4. The maximum absolute atomic E-state index is 4.21. The predicted molar refractivity (Wildman–Crippen MR) is 75.0 cm³/mol. The summed E-state index contributed by atoms with van der Waals surface area (Å²) < 4.78 is 2.31. The van der Waals surface area contributed by atoms with E-state index >= 15 is 0 Å². The SMILES string of the molecule is c1cn(C2CCCC2NC2CCN3CCCC23)cn1. The van der Waals surface area contributed by atoms with Crippen LogP contribution in [0, 0.1) is 0 Å². The van der Waals surface area contributed by atoms with E-state index in [4.69, 9.17) is 0 Å². The highest BCUT2D eigenvalue weighted by atomic mass is 15.2. The van der Waals surface area contributed by atoms with Crippen LogP contribution in [0.3, 0.4) is 0 Å². The Hall–Kier alpha value is -0.870. The van der Waals surface area contributed by atoms with Crippen molar-refractivity contribution >= 4 is 0 Å². The number of nitrogens with zero attached hydrogens (tertiary/aromatic N) is 3. The van der Waals surface area contributed by atoms with Gasteiger partial charge in [-0.15, -0.1) is 0 Å². The Morgan fingerprint density at radius 3 is 2.74 bits per heavy atom. The molecule has 2 saturated heterocycles. The molecule has 1 N–H and O–H groups in total. The van der Waals surface area contributed by atoms with E-state index in [9.17, 15) is 0 Å². The number of hydrogen-bond donors (Lipinski definition) is 1. The first-order valence-corrected chi connectivity index (χ1v) is 7.89. The van der Waals surface area contributed by atoms with Crippen molar-refractivity contribution in [1.82, 2.24) is 19.8 Å². The highest BCUT2D eigenvalue weighted by Crippen LogP contribution is 2.33. The maximum Gasteiger partial charge on any atom is 0.0949 e. The van der Waals surface area contributed by atoms with Gasteiger partial charge in [0.1, 0.15) is 0 Å². The average Bonchev–Trinajstić information content (AvgIpc) is 3.15. The molecule has 1 aromatic rings.